The van der Waals surface area contributed by atoms with Crippen LogP contribution in [0.1, 0.15) is 15.9 Å². The summed E-state index contributed by atoms with van der Waals surface area (Å²) in [6.07, 6.45) is 1.53. The molecule has 0 bridgehead atoms. The number of carbonyl (C=O) groups excluding carboxylic acids is 3. The molecule has 1 aliphatic rings. The van der Waals surface area contributed by atoms with E-state index in [1.165, 1.54) is 37.5 Å². The molecule has 0 N–H and O–H groups in total. The Morgan fingerprint density at radius 3 is 2.53 bits per heavy atom. The normalized spacial score (nSPS) is 14.3. The van der Waals surface area contributed by atoms with Crippen molar-refractivity contribution < 1.29 is 33.0 Å². The number of halogens is 2. The number of hydrogen-bond acceptors (Lipinski definition) is 7. The minimum absolute atomic E-state index is 0.0570. The van der Waals surface area contributed by atoms with Gasteiger partial charge in [0.05, 0.1) is 29.1 Å². The maximum absolute atomic E-state index is 13.9. The molecule has 10 heteroatoms. The summed E-state index contributed by atoms with van der Waals surface area (Å²) in [6.45, 7) is 0.145. The molecular weight excluding hydrogens is 509 g/mol. The number of imide groups is 1. The Kier molecular flexibility index (Phi) is 7.92. The van der Waals surface area contributed by atoms with E-state index in [1.54, 1.807) is 36.4 Å². The number of methoxy groups -OCH3 is 1. The van der Waals surface area contributed by atoms with Crippen molar-refractivity contribution in [2.45, 2.75) is 0 Å². The molecule has 2 amide bonds. The Morgan fingerprint density at radius 1 is 1.03 bits per heavy atom. The molecule has 0 aliphatic carbocycles. The number of carbonyl (C=O) groups is 3. The van der Waals surface area contributed by atoms with Gasteiger partial charge in [0.1, 0.15) is 18.2 Å². The van der Waals surface area contributed by atoms with E-state index in [2.05, 4.69) is 0 Å². The number of benzene rings is 3. The second-order valence-electron chi connectivity index (χ2n) is 7.39. The number of hydrogen-bond donors (Lipinski definition) is 0. The van der Waals surface area contributed by atoms with Crippen molar-refractivity contribution in [2.24, 2.45) is 0 Å². The maximum atomic E-state index is 13.9. The maximum Gasteiger partial charge on any atom is 0.346 e. The average Bonchev–Trinajstić information content (AvgIpc) is 3.13. The van der Waals surface area contributed by atoms with Gasteiger partial charge in [-0.2, -0.15) is 0 Å². The van der Waals surface area contributed by atoms with Crippen LogP contribution in [0.2, 0.25) is 5.02 Å². The zero-order valence-electron chi connectivity index (χ0n) is 18.9. The largest absolute Gasteiger partial charge is 0.493 e. The van der Waals surface area contributed by atoms with E-state index in [1.807, 2.05) is 0 Å². The average molecular weight is 528 g/mol. The topological polar surface area (TPSA) is 82.1 Å². The van der Waals surface area contributed by atoms with Crippen LogP contribution in [0.3, 0.4) is 0 Å². The molecule has 4 rings (SSSR count). The van der Waals surface area contributed by atoms with Crippen LogP contribution >= 0.6 is 23.4 Å². The molecule has 184 valence electrons. The van der Waals surface area contributed by atoms with Crippen LogP contribution in [-0.4, -0.2) is 42.3 Å². The first-order chi connectivity index (χ1) is 17.4. The fraction of sp³-hybridized carbons (Fsp3) is 0.115. The molecule has 0 aromatic heterocycles. The summed E-state index contributed by atoms with van der Waals surface area (Å²) < 4.78 is 30.0. The molecule has 7 nitrogen and oxygen atoms in total. The molecule has 0 atom stereocenters. The zero-order valence-corrected chi connectivity index (χ0v) is 20.5. The van der Waals surface area contributed by atoms with E-state index in [0.29, 0.717) is 16.3 Å². The number of nitrogens with zero attached hydrogens (tertiary/aromatic N) is 1. The van der Waals surface area contributed by atoms with Crippen LogP contribution in [0.4, 0.5) is 9.18 Å². The van der Waals surface area contributed by atoms with Crippen molar-refractivity contribution in [3.05, 3.63) is 93.6 Å². The highest BCUT2D eigenvalue weighted by Crippen LogP contribution is 2.35. The molecule has 36 heavy (non-hydrogen) atoms. The number of para-hydroxylation sites is 1. The Balaban J connectivity index is 1.44. The minimum atomic E-state index is -0.876. The van der Waals surface area contributed by atoms with E-state index < -0.39 is 22.9 Å². The van der Waals surface area contributed by atoms with Crippen molar-refractivity contribution in [1.29, 1.82) is 0 Å². The zero-order chi connectivity index (χ0) is 25.7. The highest BCUT2D eigenvalue weighted by molar-refractivity contribution is 8.18. The lowest BCUT2D eigenvalue weighted by molar-refractivity contribution is -0.123. The van der Waals surface area contributed by atoms with Gasteiger partial charge in [-0.15, -0.1) is 0 Å². The Bertz CT molecular complexity index is 1360. The van der Waals surface area contributed by atoms with Crippen LogP contribution in [-0.2, 0) is 4.79 Å². The van der Waals surface area contributed by atoms with Crippen LogP contribution in [0.25, 0.3) is 6.08 Å². The van der Waals surface area contributed by atoms with Gasteiger partial charge < -0.3 is 14.2 Å². The summed E-state index contributed by atoms with van der Waals surface area (Å²) in [5.74, 6) is -1.30. The minimum Gasteiger partial charge on any atom is -0.493 e. The van der Waals surface area contributed by atoms with Gasteiger partial charge in [-0.1, -0.05) is 41.9 Å². The number of esters is 1. The summed E-state index contributed by atoms with van der Waals surface area (Å²) in [7, 11) is 1.38. The smallest absolute Gasteiger partial charge is 0.346 e. The molecule has 3 aromatic rings. The van der Waals surface area contributed by atoms with Crippen LogP contribution in [0, 0.1) is 5.82 Å². The second-order valence-corrected chi connectivity index (χ2v) is 8.79. The van der Waals surface area contributed by atoms with Gasteiger partial charge in [-0.05, 0) is 59.8 Å². The predicted molar refractivity (Wildman–Crippen MR) is 134 cm³/mol. The number of amides is 2. The highest BCUT2D eigenvalue weighted by atomic mass is 35.5. The van der Waals surface area contributed by atoms with Crippen LogP contribution in [0.5, 0.6) is 17.2 Å². The van der Waals surface area contributed by atoms with Crippen molar-refractivity contribution >= 4 is 46.6 Å². The predicted octanol–water partition coefficient (Wildman–Crippen LogP) is 5.82. The van der Waals surface area contributed by atoms with Gasteiger partial charge in [0, 0.05) is 0 Å². The lowest BCUT2D eigenvalue weighted by Gasteiger charge is -2.13. The summed E-state index contributed by atoms with van der Waals surface area (Å²) in [6, 6.07) is 17.0. The highest BCUT2D eigenvalue weighted by Gasteiger charge is 2.35. The fourth-order valence-corrected chi connectivity index (χ4v) is 4.35. The van der Waals surface area contributed by atoms with Gasteiger partial charge in [0.2, 0.25) is 0 Å². The molecule has 0 radical (unpaired) electrons. The number of thioether (sulfide) groups is 1. The quantitative estimate of drug-likeness (QED) is 0.207. The van der Waals surface area contributed by atoms with E-state index in [0.717, 1.165) is 22.7 Å². The number of rotatable bonds is 8. The van der Waals surface area contributed by atoms with E-state index in [-0.39, 0.29) is 35.1 Å². The van der Waals surface area contributed by atoms with Crippen LogP contribution in [0.15, 0.2) is 71.6 Å². The van der Waals surface area contributed by atoms with Crippen molar-refractivity contribution in [3.8, 4) is 17.2 Å². The van der Waals surface area contributed by atoms with Gasteiger partial charge in [0.15, 0.2) is 11.5 Å². The van der Waals surface area contributed by atoms with Gasteiger partial charge in [0.25, 0.3) is 11.1 Å². The molecule has 3 aromatic carbocycles. The molecule has 1 fully saturated rings. The summed E-state index contributed by atoms with van der Waals surface area (Å²) in [5.41, 5.74) is 0.325. The Morgan fingerprint density at radius 2 is 1.78 bits per heavy atom. The molecule has 1 saturated heterocycles. The number of ether oxygens (including phenoxy) is 3. The lowest BCUT2D eigenvalue weighted by Crippen LogP contribution is -2.32. The van der Waals surface area contributed by atoms with Crippen molar-refractivity contribution in [1.82, 2.24) is 4.90 Å². The van der Waals surface area contributed by atoms with Crippen LogP contribution < -0.4 is 14.2 Å². The second kappa shape index (κ2) is 11.3. The van der Waals surface area contributed by atoms with Gasteiger partial charge >= 0.3 is 5.97 Å². The Labute approximate surface area is 215 Å². The molecule has 0 spiro atoms. The first-order valence-corrected chi connectivity index (χ1v) is 11.8. The molecular formula is C26H19ClFNO6S. The molecule has 0 unspecified atom stereocenters. The third-order valence-electron chi connectivity index (χ3n) is 5.06. The summed E-state index contributed by atoms with van der Waals surface area (Å²) in [4.78, 5) is 38.8. The molecule has 1 heterocycles. The lowest BCUT2D eigenvalue weighted by atomic mass is 10.1. The first-order valence-electron chi connectivity index (χ1n) is 10.6. The molecule has 0 saturated carbocycles. The van der Waals surface area contributed by atoms with E-state index >= 15 is 0 Å². The third-order valence-corrected chi connectivity index (χ3v) is 6.28. The van der Waals surface area contributed by atoms with Gasteiger partial charge in [-0.25, -0.2) is 9.18 Å². The van der Waals surface area contributed by atoms with E-state index in [4.69, 9.17) is 25.8 Å². The van der Waals surface area contributed by atoms with Crippen molar-refractivity contribution in [2.75, 3.05) is 20.3 Å². The first kappa shape index (κ1) is 25.3. The fourth-order valence-electron chi connectivity index (χ4n) is 3.29. The van der Waals surface area contributed by atoms with E-state index in [9.17, 15) is 18.8 Å². The summed E-state index contributed by atoms with van der Waals surface area (Å²) >= 11 is 6.85. The monoisotopic (exact) mass is 527 g/mol. The molecule has 1 aliphatic heterocycles. The van der Waals surface area contributed by atoms with Gasteiger partial charge in [-0.3, -0.25) is 14.5 Å². The standard InChI is InChI=1S/C26H19ClFNO6S/c1-33-22-14-16(10-11-21(22)35-25(31)17-6-2-4-8-19(17)28)15-23-24(30)29(26(32)36-23)12-13-34-20-9-5-3-7-18(20)27/h2-11,14-15H,12-13H2,1H3/b23-15-. The third kappa shape index (κ3) is 5.69. The Hall–Kier alpha value is -3.82. The SMILES string of the molecule is COc1cc(/C=C2\SC(=O)N(CCOc3ccccc3Cl)C2=O)ccc1OC(=O)c1ccccc1F. The summed E-state index contributed by atoms with van der Waals surface area (Å²) in [5, 5.41) is 0.0138. The van der Waals surface area contributed by atoms with Crippen molar-refractivity contribution in [3.63, 3.8) is 0 Å².